The number of alkyl carbamates (subject to hydrolysis) is 1. The van der Waals surface area contributed by atoms with Crippen LogP contribution in [0.3, 0.4) is 0 Å². The van der Waals surface area contributed by atoms with Crippen molar-refractivity contribution in [3.8, 4) is 5.75 Å². The molecular formula is C42H60N4O4S. The number of amides is 1. The molecule has 0 bridgehead atoms. The summed E-state index contributed by atoms with van der Waals surface area (Å²) in [6, 6.07) is 17.9. The topological polar surface area (TPSA) is 76.0 Å². The van der Waals surface area contributed by atoms with Crippen molar-refractivity contribution < 1.29 is 14.3 Å². The van der Waals surface area contributed by atoms with Gasteiger partial charge in [-0.3, -0.25) is 14.3 Å². The number of thiophene rings is 1. The van der Waals surface area contributed by atoms with Crippen LogP contribution in [0, 0.1) is 0 Å². The molecule has 0 saturated carbocycles. The van der Waals surface area contributed by atoms with Gasteiger partial charge in [0.2, 0.25) is 0 Å². The summed E-state index contributed by atoms with van der Waals surface area (Å²) in [5.41, 5.74) is 1.84. The quantitative estimate of drug-likeness (QED) is 0.0771. The van der Waals surface area contributed by atoms with Crippen LogP contribution >= 0.6 is 11.3 Å². The Bertz CT molecular complexity index is 1660. The van der Waals surface area contributed by atoms with Gasteiger partial charge in [0.05, 0.1) is 12.1 Å². The molecule has 3 heterocycles. The van der Waals surface area contributed by atoms with Crippen LogP contribution < -0.4 is 20.5 Å². The number of nitrogens with one attached hydrogen (secondary N) is 1. The number of piperazine rings is 1. The predicted octanol–water partition coefficient (Wildman–Crippen LogP) is 9.97. The number of rotatable bonds is 23. The third kappa shape index (κ3) is 12.6. The molecule has 0 spiro atoms. The molecule has 0 aliphatic carbocycles. The molecule has 4 aromatic rings. The van der Waals surface area contributed by atoms with E-state index in [1.165, 1.54) is 97.0 Å². The monoisotopic (exact) mass is 716 g/mol. The summed E-state index contributed by atoms with van der Waals surface area (Å²) in [6.07, 6.45) is 18.3. The number of aromatic nitrogens is 1. The zero-order chi connectivity index (χ0) is 35.5. The minimum atomic E-state index is -0.494. The molecule has 2 aromatic carbocycles. The number of anilines is 1. The number of fused-ring (bicyclic) bond motifs is 2. The standard InChI is InChI=1S/C42H60N4O4S/c1-2-3-4-5-6-7-8-9-10-11-12-13-14-25-43-42(48)50-34-46-39-33-36(22-20-35(39)21-23-41(46)47)49-31-16-15-26-44-27-29-45(30-28-44)38-18-17-19-40-37(38)24-32-51-40/h17-24,32-33H,2-16,25-31,34H2,1H3,(H,43,48). The molecule has 1 fully saturated rings. The summed E-state index contributed by atoms with van der Waals surface area (Å²) >= 11 is 1.81. The maximum absolute atomic E-state index is 12.8. The Kier molecular flexibility index (Phi) is 16.5. The summed E-state index contributed by atoms with van der Waals surface area (Å²) < 4.78 is 14.4. The van der Waals surface area contributed by atoms with Gasteiger partial charge in [-0.25, -0.2) is 4.79 Å². The van der Waals surface area contributed by atoms with Crippen LogP contribution in [-0.4, -0.2) is 61.4 Å². The summed E-state index contributed by atoms with van der Waals surface area (Å²) in [7, 11) is 0. The van der Waals surface area contributed by atoms with Crippen molar-refractivity contribution in [3.05, 3.63) is 70.3 Å². The van der Waals surface area contributed by atoms with Crippen LogP contribution in [0.1, 0.15) is 103 Å². The van der Waals surface area contributed by atoms with Crippen LogP contribution in [0.15, 0.2) is 64.8 Å². The average molecular weight is 717 g/mol. The van der Waals surface area contributed by atoms with E-state index in [0.29, 0.717) is 24.4 Å². The number of hydrogen-bond acceptors (Lipinski definition) is 7. The SMILES string of the molecule is CCCCCCCCCCCCCCCNC(=O)OCn1c(=O)ccc2ccc(OCCCCN3CCN(c4cccc5sccc45)CC3)cc21. The molecule has 278 valence electrons. The first-order valence-electron chi connectivity index (χ1n) is 19.7. The van der Waals surface area contributed by atoms with Crippen molar-refractivity contribution in [2.24, 2.45) is 0 Å². The van der Waals surface area contributed by atoms with E-state index >= 15 is 0 Å². The van der Waals surface area contributed by atoms with Gasteiger partial charge in [-0.1, -0.05) is 90.0 Å². The molecule has 1 aliphatic rings. The second-order valence-electron chi connectivity index (χ2n) is 14.0. The van der Waals surface area contributed by atoms with Gasteiger partial charge in [-0.15, -0.1) is 11.3 Å². The molecule has 51 heavy (non-hydrogen) atoms. The zero-order valence-corrected chi connectivity index (χ0v) is 31.7. The van der Waals surface area contributed by atoms with Gasteiger partial charge >= 0.3 is 6.09 Å². The van der Waals surface area contributed by atoms with E-state index in [1.807, 2.05) is 29.5 Å². The Morgan fingerprint density at radius 1 is 0.784 bits per heavy atom. The number of nitrogens with zero attached hydrogens (tertiary/aromatic N) is 3. The van der Waals surface area contributed by atoms with Crippen molar-refractivity contribution in [2.45, 2.75) is 110 Å². The lowest BCUT2D eigenvalue weighted by molar-refractivity contribution is 0.114. The van der Waals surface area contributed by atoms with Gasteiger partial charge in [-0.05, 0) is 73.0 Å². The highest BCUT2D eigenvalue weighted by molar-refractivity contribution is 7.17. The van der Waals surface area contributed by atoms with Gasteiger partial charge in [0.1, 0.15) is 5.75 Å². The van der Waals surface area contributed by atoms with Gasteiger partial charge in [0, 0.05) is 60.6 Å². The van der Waals surface area contributed by atoms with Gasteiger partial charge < -0.3 is 19.7 Å². The maximum Gasteiger partial charge on any atom is 0.408 e. The van der Waals surface area contributed by atoms with Gasteiger partial charge in [-0.2, -0.15) is 0 Å². The third-order valence-electron chi connectivity index (χ3n) is 10.2. The fourth-order valence-electron chi connectivity index (χ4n) is 7.09. The molecular weight excluding hydrogens is 657 g/mol. The van der Waals surface area contributed by atoms with E-state index in [-0.39, 0.29) is 12.3 Å². The van der Waals surface area contributed by atoms with Crippen LogP contribution in [0.4, 0.5) is 10.5 Å². The van der Waals surface area contributed by atoms with Crippen molar-refractivity contribution in [3.63, 3.8) is 0 Å². The maximum atomic E-state index is 12.8. The number of hydrogen-bond donors (Lipinski definition) is 1. The largest absolute Gasteiger partial charge is 0.494 e. The fraction of sp³-hybridized carbons (Fsp3) is 0.571. The van der Waals surface area contributed by atoms with E-state index in [9.17, 15) is 9.59 Å². The number of pyridine rings is 1. The summed E-state index contributed by atoms with van der Waals surface area (Å²) in [5.74, 6) is 0.713. The molecule has 9 heteroatoms. The van der Waals surface area contributed by atoms with Crippen LogP contribution in [0.25, 0.3) is 21.0 Å². The van der Waals surface area contributed by atoms with Crippen LogP contribution in [-0.2, 0) is 11.5 Å². The number of carbonyl (C=O) groups excluding carboxylic acids is 1. The number of carbonyl (C=O) groups is 1. The van der Waals surface area contributed by atoms with Crippen LogP contribution in [0.2, 0.25) is 0 Å². The molecule has 5 rings (SSSR count). The van der Waals surface area contributed by atoms with Crippen molar-refractivity contribution in [1.29, 1.82) is 0 Å². The van der Waals surface area contributed by atoms with E-state index in [1.54, 1.807) is 6.07 Å². The highest BCUT2D eigenvalue weighted by atomic mass is 32.1. The third-order valence-corrected chi connectivity index (χ3v) is 11.0. The Balaban J connectivity index is 0.938. The molecule has 0 unspecified atom stereocenters. The first kappa shape index (κ1) is 38.7. The number of benzene rings is 2. The van der Waals surface area contributed by atoms with E-state index in [2.05, 4.69) is 51.7 Å². The molecule has 1 amide bonds. The predicted molar refractivity (Wildman–Crippen MR) is 214 cm³/mol. The molecule has 1 saturated heterocycles. The zero-order valence-electron chi connectivity index (χ0n) is 30.9. The lowest BCUT2D eigenvalue weighted by Gasteiger charge is -2.36. The second-order valence-corrected chi connectivity index (χ2v) is 15.0. The first-order valence-corrected chi connectivity index (χ1v) is 20.6. The molecule has 0 radical (unpaired) electrons. The van der Waals surface area contributed by atoms with Crippen molar-refractivity contribution >= 4 is 44.1 Å². The number of ether oxygens (including phenoxy) is 2. The average Bonchev–Trinajstić information content (AvgIpc) is 3.64. The Morgan fingerprint density at radius 2 is 1.49 bits per heavy atom. The molecule has 0 atom stereocenters. The van der Waals surface area contributed by atoms with Gasteiger partial charge in [0.15, 0.2) is 6.73 Å². The molecule has 2 aromatic heterocycles. The van der Waals surface area contributed by atoms with Gasteiger partial charge in [0.25, 0.3) is 5.56 Å². The minimum Gasteiger partial charge on any atom is -0.494 e. The molecule has 8 nitrogen and oxygen atoms in total. The smallest absolute Gasteiger partial charge is 0.408 e. The lowest BCUT2D eigenvalue weighted by atomic mass is 10.0. The Labute approximate surface area is 309 Å². The Morgan fingerprint density at radius 3 is 2.24 bits per heavy atom. The van der Waals surface area contributed by atoms with E-state index < -0.39 is 6.09 Å². The number of unbranched alkanes of at least 4 members (excludes halogenated alkanes) is 13. The molecule has 1 N–H and O–H groups in total. The summed E-state index contributed by atoms with van der Waals surface area (Å²) in [6.45, 7) is 8.64. The summed E-state index contributed by atoms with van der Waals surface area (Å²) in [5, 5.41) is 7.29. The second kappa shape index (κ2) is 21.7. The highest BCUT2D eigenvalue weighted by Crippen LogP contribution is 2.31. The minimum absolute atomic E-state index is 0.139. The molecule has 1 aliphatic heterocycles. The fourth-order valence-corrected chi connectivity index (χ4v) is 7.90. The summed E-state index contributed by atoms with van der Waals surface area (Å²) in [4.78, 5) is 30.2. The van der Waals surface area contributed by atoms with Crippen molar-refractivity contribution in [1.82, 2.24) is 14.8 Å². The van der Waals surface area contributed by atoms with Crippen molar-refractivity contribution in [2.75, 3.05) is 50.8 Å². The van der Waals surface area contributed by atoms with E-state index in [0.717, 1.165) is 63.8 Å². The lowest BCUT2D eigenvalue weighted by Crippen LogP contribution is -2.46. The Hall–Kier alpha value is -3.56. The first-order chi connectivity index (χ1) is 25.1. The van der Waals surface area contributed by atoms with E-state index in [4.69, 9.17) is 9.47 Å². The van der Waals surface area contributed by atoms with Crippen LogP contribution in [0.5, 0.6) is 5.75 Å². The normalized spacial score (nSPS) is 13.6. The highest BCUT2D eigenvalue weighted by Gasteiger charge is 2.18.